The Balaban J connectivity index is 1.50. The highest BCUT2D eigenvalue weighted by Gasteiger charge is 2.13. The van der Waals surface area contributed by atoms with Gasteiger partial charge < -0.3 is 23.5 Å². The molecule has 0 saturated heterocycles. The van der Waals surface area contributed by atoms with E-state index in [0.29, 0.717) is 37.7 Å². The molecule has 0 spiro atoms. The lowest BCUT2D eigenvalue weighted by molar-refractivity contribution is -0.143. The lowest BCUT2D eigenvalue weighted by atomic mass is 10.1. The number of hydrogen-bond acceptors (Lipinski definition) is 6. The maximum atomic E-state index is 11.9. The zero-order chi connectivity index (χ0) is 25.5. The van der Waals surface area contributed by atoms with Crippen LogP contribution in [0.3, 0.4) is 0 Å². The summed E-state index contributed by atoms with van der Waals surface area (Å²) in [5.41, 5.74) is 3.81. The van der Waals surface area contributed by atoms with Crippen LogP contribution in [0.15, 0.2) is 65.1 Å². The van der Waals surface area contributed by atoms with Gasteiger partial charge in [-0.3, -0.25) is 4.79 Å². The maximum absolute atomic E-state index is 11.9. The molecule has 0 aliphatic rings. The number of carbonyl (C=O) groups excluding carboxylic acids is 1. The van der Waals surface area contributed by atoms with E-state index in [9.17, 15) is 4.79 Å². The van der Waals surface area contributed by atoms with Gasteiger partial charge in [-0.15, -0.1) is 0 Å². The topological polar surface area (TPSA) is 71.8 Å². The fourth-order valence-corrected chi connectivity index (χ4v) is 4.06. The molecule has 0 aliphatic carbocycles. The lowest BCUT2D eigenvalue weighted by Gasteiger charge is -2.14. The van der Waals surface area contributed by atoms with Gasteiger partial charge in [0.1, 0.15) is 36.3 Å². The predicted molar refractivity (Wildman–Crippen MR) is 141 cm³/mol. The highest BCUT2D eigenvalue weighted by Crippen LogP contribution is 2.28. The van der Waals surface area contributed by atoms with Gasteiger partial charge >= 0.3 is 5.97 Å². The number of benzene rings is 3. The number of aromatic nitrogens is 2. The van der Waals surface area contributed by atoms with Crippen molar-refractivity contribution in [1.29, 1.82) is 0 Å². The molecule has 0 bridgehead atoms. The number of ether oxygens (including phenoxy) is 4. The molecule has 1 heterocycles. The van der Waals surface area contributed by atoms with E-state index in [0.717, 1.165) is 38.2 Å². The first-order chi connectivity index (χ1) is 17.5. The van der Waals surface area contributed by atoms with Crippen LogP contribution in [-0.4, -0.2) is 29.2 Å². The first-order valence-corrected chi connectivity index (χ1v) is 12.5. The third-order valence-electron chi connectivity index (χ3n) is 5.80. The summed E-state index contributed by atoms with van der Waals surface area (Å²) < 4.78 is 25.7. The smallest absolute Gasteiger partial charge is 0.306 e. The molecule has 0 fully saturated rings. The van der Waals surface area contributed by atoms with E-state index in [1.54, 1.807) is 14.0 Å². The van der Waals surface area contributed by atoms with Crippen molar-refractivity contribution in [2.45, 2.75) is 33.0 Å². The third-order valence-corrected chi connectivity index (χ3v) is 6.33. The monoisotopic (exact) mass is 552 g/mol. The summed E-state index contributed by atoms with van der Waals surface area (Å²) in [6.07, 6.45) is 0.799. The molecule has 0 atom stereocenters. The molecule has 36 heavy (non-hydrogen) atoms. The van der Waals surface area contributed by atoms with Crippen molar-refractivity contribution in [2.24, 2.45) is 7.05 Å². The minimum Gasteiger partial charge on any atom is -0.497 e. The Morgan fingerprint density at radius 1 is 0.972 bits per heavy atom. The summed E-state index contributed by atoms with van der Waals surface area (Å²) in [6, 6.07) is 19.4. The number of aryl methyl sites for hydroxylation is 2. The molecular formula is C28H29BrN2O5. The van der Waals surface area contributed by atoms with Gasteiger partial charge in [0, 0.05) is 30.1 Å². The van der Waals surface area contributed by atoms with E-state index < -0.39 is 0 Å². The molecule has 8 heteroatoms. The fourth-order valence-electron chi connectivity index (χ4n) is 3.80. The number of hydrogen-bond donors (Lipinski definition) is 0. The zero-order valence-electron chi connectivity index (χ0n) is 20.6. The molecule has 0 aliphatic heterocycles. The van der Waals surface area contributed by atoms with Crippen molar-refractivity contribution in [2.75, 3.05) is 13.7 Å². The van der Waals surface area contributed by atoms with Crippen molar-refractivity contribution in [3.8, 4) is 17.2 Å². The van der Waals surface area contributed by atoms with Crippen LogP contribution in [0, 0.1) is 0 Å². The maximum Gasteiger partial charge on any atom is 0.306 e. The predicted octanol–water partition coefficient (Wildman–Crippen LogP) is 6.00. The van der Waals surface area contributed by atoms with Crippen LogP contribution in [0.5, 0.6) is 17.2 Å². The summed E-state index contributed by atoms with van der Waals surface area (Å²) in [7, 11) is 3.60. The molecule has 0 saturated carbocycles. The first kappa shape index (κ1) is 25.6. The van der Waals surface area contributed by atoms with Crippen molar-refractivity contribution in [1.82, 2.24) is 9.55 Å². The molecule has 4 aromatic rings. The summed E-state index contributed by atoms with van der Waals surface area (Å²) in [4.78, 5) is 16.6. The third kappa shape index (κ3) is 6.37. The van der Waals surface area contributed by atoms with Crippen molar-refractivity contribution >= 4 is 32.9 Å². The number of nitrogens with zero attached hydrogens (tertiary/aromatic N) is 2. The average molecular weight is 553 g/mol. The second-order valence-corrected chi connectivity index (χ2v) is 9.14. The number of methoxy groups -OCH3 is 1. The Morgan fingerprint density at radius 3 is 2.50 bits per heavy atom. The van der Waals surface area contributed by atoms with E-state index in [-0.39, 0.29) is 12.4 Å². The molecule has 0 amide bonds. The van der Waals surface area contributed by atoms with E-state index in [4.69, 9.17) is 18.9 Å². The van der Waals surface area contributed by atoms with Crippen LogP contribution in [-0.2, 0) is 36.2 Å². The minimum atomic E-state index is -0.227. The first-order valence-electron chi connectivity index (χ1n) is 11.7. The number of halogens is 1. The quantitative estimate of drug-likeness (QED) is 0.212. The van der Waals surface area contributed by atoms with Gasteiger partial charge in [0.25, 0.3) is 0 Å². The highest BCUT2D eigenvalue weighted by atomic mass is 79.9. The van der Waals surface area contributed by atoms with E-state index in [1.165, 1.54) is 0 Å². The Bertz CT molecular complexity index is 1330. The summed E-state index contributed by atoms with van der Waals surface area (Å²) in [5, 5.41) is 0. The van der Waals surface area contributed by atoms with Crippen molar-refractivity contribution in [3.05, 3.63) is 82.1 Å². The number of carbonyl (C=O) groups is 1. The van der Waals surface area contributed by atoms with Crippen LogP contribution in [0.25, 0.3) is 11.0 Å². The summed E-state index contributed by atoms with van der Waals surface area (Å²) >= 11 is 3.45. The van der Waals surface area contributed by atoms with Crippen LogP contribution < -0.4 is 14.2 Å². The molecule has 0 unspecified atom stereocenters. The van der Waals surface area contributed by atoms with Gasteiger partial charge in [-0.05, 0) is 54.8 Å². The van der Waals surface area contributed by atoms with Gasteiger partial charge in [-0.2, -0.15) is 0 Å². The molecule has 188 valence electrons. The standard InChI is InChI=1S/C28H29BrN2O5/c1-4-34-28(32)14-8-20-7-11-23(16-26(20)36-17-19-5-9-21(29)10-6-19)35-18-27-30-24-13-12-22(33-3)15-25(24)31(27)2/h5-7,9-13,15-16H,4,8,14,17-18H2,1-3H3. The molecule has 0 N–H and O–H groups in total. The minimum absolute atomic E-state index is 0.227. The lowest BCUT2D eigenvalue weighted by Crippen LogP contribution is -2.07. The Kier molecular flexibility index (Phi) is 8.48. The highest BCUT2D eigenvalue weighted by molar-refractivity contribution is 9.10. The van der Waals surface area contributed by atoms with Gasteiger partial charge in [-0.1, -0.05) is 34.1 Å². The van der Waals surface area contributed by atoms with Crippen LogP contribution in [0.2, 0.25) is 0 Å². The number of esters is 1. The average Bonchev–Trinajstić information content (AvgIpc) is 3.21. The molecule has 0 radical (unpaired) electrons. The van der Waals surface area contributed by atoms with Gasteiger partial charge in [0.2, 0.25) is 0 Å². The number of imidazole rings is 1. The summed E-state index contributed by atoms with van der Waals surface area (Å²) in [6.45, 7) is 2.86. The van der Waals surface area contributed by atoms with Crippen LogP contribution >= 0.6 is 15.9 Å². The van der Waals surface area contributed by atoms with Crippen molar-refractivity contribution in [3.63, 3.8) is 0 Å². The van der Waals surface area contributed by atoms with E-state index in [2.05, 4.69) is 20.9 Å². The van der Waals surface area contributed by atoms with E-state index in [1.807, 2.05) is 72.3 Å². The Labute approximate surface area is 219 Å². The SMILES string of the molecule is CCOC(=O)CCc1ccc(OCc2nc3ccc(OC)cc3n2C)cc1OCc1ccc(Br)cc1. The fraction of sp³-hybridized carbons (Fsp3) is 0.286. The van der Waals surface area contributed by atoms with Crippen molar-refractivity contribution < 1.29 is 23.7 Å². The second-order valence-electron chi connectivity index (χ2n) is 8.22. The number of fused-ring (bicyclic) bond motifs is 1. The van der Waals surface area contributed by atoms with Gasteiger partial charge in [0.05, 0.1) is 24.8 Å². The molecular weight excluding hydrogens is 524 g/mol. The molecule has 1 aromatic heterocycles. The molecule has 4 rings (SSSR count). The van der Waals surface area contributed by atoms with Crippen LogP contribution in [0.4, 0.5) is 0 Å². The van der Waals surface area contributed by atoms with Gasteiger partial charge in [-0.25, -0.2) is 4.98 Å². The normalized spacial score (nSPS) is 10.9. The second kappa shape index (κ2) is 11.9. The zero-order valence-corrected chi connectivity index (χ0v) is 22.2. The van der Waals surface area contributed by atoms with Crippen LogP contribution in [0.1, 0.15) is 30.3 Å². The summed E-state index contributed by atoms with van der Waals surface area (Å²) in [5.74, 6) is 2.68. The molecule has 3 aromatic carbocycles. The Hall–Kier alpha value is -3.52. The number of rotatable bonds is 11. The Morgan fingerprint density at radius 2 is 1.75 bits per heavy atom. The van der Waals surface area contributed by atoms with Gasteiger partial charge in [0.15, 0.2) is 0 Å². The van der Waals surface area contributed by atoms with E-state index >= 15 is 0 Å². The largest absolute Gasteiger partial charge is 0.497 e. The molecule has 7 nitrogen and oxygen atoms in total.